The monoisotopic (exact) mass is 407 g/mol. The van der Waals surface area contributed by atoms with Crippen molar-refractivity contribution in [3.63, 3.8) is 0 Å². The van der Waals surface area contributed by atoms with Crippen molar-refractivity contribution < 1.29 is 14.0 Å². The van der Waals surface area contributed by atoms with Crippen LogP contribution < -0.4 is 0 Å². The normalized spacial score (nSPS) is 18.1. The van der Waals surface area contributed by atoms with E-state index >= 15 is 0 Å². The second-order valence-corrected chi connectivity index (χ2v) is 15.3. The fourth-order valence-corrected chi connectivity index (χ4v) is 10.1. The minimum Gasteiger partial charge on any atom is -0.546 e. The SMILES string of the molecule is C#CCN(C(=O)OC(C)(C)C)C1CCC(O[Si](C(C)C)(C(C)C)C(C)C)=C1C. The Hall–Kier alpha value is -1.41. The van der Waals surface area contributed by atoms with Crippen molar-refractivity contribution in [2.45, 2.75) is 110 Å². The van der Waals surface area contributed by atoms with Gasteiger partial charge in [-0.3, -0.25) is 4.90 Å². The van der Waals surface area contributed by atoms with E-state index in [1.807, 2.05) is 20.8 Å². The molecule has 1 amide bonds. The topological polar surface area (TPSA) is 38.8 Å². The molecule has 1 rings (SSSR count). The number of carbonyl (C=O) groups is 1. The maximum Gasteiger partial charge on any atom is 0.411 e. The lowest BCUT2D eigenvalue weighted by molar-refractivity contribution is 0.0220. The van der Waals surface area contributed by atoms with E-state index in [1.54, 1.807) is 4.90 Å². The third-order valence-corrected chi connectivity index (χ3v) is 11.9. The third-order valence-electron chi connectivity index (χ3n) is 5.86. The predicted molar refractivity (Wildman–Crippen MR) is 120 cm³/mol. The number of nitrogens with zero attached hydrogens (tertiary/aromatic N) is 1. The molecule has 0 heterocycles. The van der Waals surface area contributed by atoms with Crippen LogP contribution in [0, 0.1) is 12.3 Å². The number of ether oxygens (including phenoxy) is 1. The van der Waals surface area contributed by atoms with Gasteiger partial charge < -0.3 is 9.16 Å². The number of amides is 1. The molecule has 0 fully saturated rings. The zero-order valence-corrected chi connectivity index (χ0v) is 20.7. The maximum absolute atomic E-state index is 12.8. The van der Waals surface area contributed by atoms with Crippen LogP contribution in [-0.2, 0) is 9.16 Å². The predicted octanol–water partition coefficient (Wildman–Crippen LogP) is 6.49. The van der Waals surface area contributed by atoms with E-state index < -0.39 is 13.9 Å². The quantitative estimate of drug-likeness (QED) is 0.358. The van der Waals surface area contributed by atoms with Crippen molar-refractivity contribution in [2.75, 3.05) is 6.54 Å². The van der Waals surface area contributed by atoms with Crippen molar-refractivity contribution in [1.29, 1.82) is 0 Å². The molecule has 0 aromatic heterocycles. The molecule has 1 unspecified atom stereocenters. The number of allylic oxidation sites excluding steroid dienone is 1. The van der Waals surface area contributed by atoms with E-state index in [2.05, 4.69) is 54.4 Å². The highest BCUT2D eigenvalue weighted by atomic mass is 28.4. The average molecular weight is 408 g/mol. The number of hydrogen-bond donors (Lipinski definition) is 0. The second kappa shape index (κ2) is 9.39. The van der Waals surface area contributed by atoms with Crippen LogP contribution in [0.4, 0.5) is 4.79 Å². The lowest BCUT2D eigenvalue weighted by atomic mass is 10.1. The lowest BCUT2D eigenvalue weighted by Gasteiger charge is -2.43. The molecule has 0 radical (unpaired) electrons. The molecule has 1 aliphatic rings. The van der Waals surface area contributed by atoms with Crippen LogP contribution in [0.5, 0.6) is 0 Å². The van der Waals surface area contributed by atoms with Crippen molar-refractivity contribution in [3.8, 4) is 12.3 Å². The lowest BCUT2D eigenvalue weighted by Crippen LogP contribution is -2.47. The van der Waals surface area contributed by atoms with Gasteiger partial charge in [-0.2, -0.15) is 0 Å². The highest BCUT2D eigenvalue weighted by molar-refractivity contribution is 6.77. The molecule has 5 heteroatoms. The molecule has 0 aromatic carbocycles. The van der Waals surface area contributed by atoms with Crippen LogP contribution in [0.1, 0.15) is 82.1 Å². The number of carbonyl (C=O) groups excluding carboxylic acids is 1. The molecule has 28 heavy (non-hydrogen) atoms. The molecular formula is C23H41NO3Si. The fraction of sp³-hybridized carbons (Fsp3) is 0.783. The molecule has 0 saturated heterocycles. The Morgan fingerprint density at radius 2 is 1.68 bits per heavy atom. The standard InChI is InChI=1S/C23H41NO3Si/c1-12-15-24(22(25)26-23(9,10)11)20-13-14-21(19(20)8)27-28(16(2)3,17(4)5)18(6)7/h1,16-18,20H,13-15H2,2-11H3. The van der Waals surface area contributed by atoms with Crippen LogP contribution >= 0.6 is 0 Å². The maximum atomic E-state index is 12.8. The van der Waals surface area contributed by atoms with Gasteiger partial charge in [-0.05, 0) is 56.3 Å². The van der Waals surface area contributed by atoms with Crippen LogP contribution in [0.3, 0.4) is 0 Å². The summed E-state index contributed by atoms with van der Waals surface area (Å²) in [5, 5.41) is 0. The molecule has 1 aliphatic carbocycles. The Morgan fingerprint density at radius 1 is 1.18 bits per heavy atom. The fourth-order valence-electron chi connectivity index (χ4n) is 4.68. The van der Waals surface area contributed by atoms with E-state index in [1.165, 1.54) is 0 Å². The Balaban J connectivity index is 3.20. The number of hydrogen-bond acceptors (Lipinski definition) is 3. The molecule has 4 nitrogen and oxygen atoms in total. The van der Waals surface area contributed by atoms with E-state index in [-0.39, 0.29) is 18.7 Å². The molecule has 0 spiro atoms. The summed E-state index contributed by atoms with van der Waals surface area (Å²) in [7, 11) is -2.02. The first-order valence-corrected chi connectivity index (χ1v) is 12.7. The van der Waals surface area contributed by atoms with Crippen LogP contribution in [0.25, 0.3) is 0 Å². The summed E-state index contributed by atoms with van der Waals surface area (Å²) in [6.07, 6.45) is 6.89. The summed E-state index contributed by atoms with van der Waals surface area (Å²) >= 11 is 0. The van der Waals surface area contributed by atoms with Gasteiger partial charge in [0.05, 0.1) is 18.3 Å². The van der Waals surface area contributed by atoms with Crippen molar-refractivity contribution in [3.05, 3.63) is 11.3 Å². The van der Waals surface area contributed by atoms with Gasteiger partial charge in [0, 0.05) is 6.42 Å². The van der Waals surface area contributed by atoms with Crippen LogP contribution in [0.2, 0.25) is 16.6 Å². The Morgan fingerprint density at radius 3 is 2.07 bits per heavy atom. The summed E-state index contributed by atoms with van der Waals surface area (Å²) < 4.78 is 12.5. The highest BCUT2D eigenvalue weighted by Crippen LogP contribution is 2.46. The molecule has 0 saturated carbocycles. The van der Waals surface area contributed by atoms with Gasteiger partial charge in [-0.25, -0.2) is 4.79 Å². The molecule has 0 aromatic rings. The molecule has 0 bridgehead atoms. The van der Waals surface area contributed by atoms with Gasteiger partial charge in [0.15, 0.2) is 0 Å². The summed E-state index contributed by atoms with van der Waals surface area (Å²) in [4.78, 5) is 14.4. The Bertz CT molecular complexity index is 601. The largest absolute Gasteiger partial charge is 0.546 e. The smallest absolute Gasteiger partial charge is 0.411 e. The Labute approximate surface area is 174 Å². The number of rotatable bonds is 7. The van der Waals surface area contributed by atoms with Crippen LogP contribution in [0.15, 0.2) is 11.3 Å². The highest BCUT2D eigenvalue weighted by Gasteiger charge is 2.48. The van der Waals surface area contributed by atoms with Crippen LogP contribution in [-0.4, -0.2) is 37.5 Å². The summed E-state index contributed by atoms with van der Waals surface area (Å²) in [5.41, 5.74) is 2.12. The molecule has 160 valence electrons. The van der Waals surface area contributed by atoms with Crippen molar-refractivity contribution >= 4 is 14.4 Å². The molecule has 1 atom stereocenters. The van der Waals surface area contributed by atoms with E-state index in [9.17, 15) is 4.79 Å². The van der Waals surface area contributed by atoms with Gasteiger partial charge in [-0.15, -0.1) is 6.42 Å². The van der Waals surface area contributed by atoms with E-state index in [0.717, 1.165) is 24.2 Å². The summed E-state index contributed by atoms with van der Waals surface area (Å²) in [6, 6.07) is -0.0564. The first-order chi connectivity index (χ1) is 12.8. The van der Waals surface area contributed by atoms with Gasteiger partial charge >= 0.3 is 6.09 Å². The molecule has 0 aliphatic heterocycles. The summed E-state index contributed by atoms with van der Waals surface area (Å²) in [6.45, 7) is 21.7. The van der Waals surface area contributed by atoms with Gasteiger partial charge in [-0.1, -0.05) is 47.5 Å². The molecular weight excluding hydrogens is 366 g/mol. The first kappa shape index (κ1) is 24.6. The van der Waals surface area contributed by atoms with Gasteiger partial charge in [0.25, 0.3) is 8.32 Å². The number of terminal acetylenes is 1. The Kier molecular flexibility index (Phi) is 8.26. The van der Waals surface area contributed by atoms with Crippen molar-refractivity contribution in [1.82, 2.24) is 4.90 Å². The minimum atomic E-state index is -2.02. The van der Waals surface area contributed by atoms with Gasteiger partial charge in [0.2, 0.25) is 0 Å². The minimum absolute atomic E-state index is 0.0564. The van der Waals surface area contributed by atoms with Gasteiger partial charge in [0.1, 0.15) is 5.60 Å². The molecule has 0 N–H and O–H groups in total. The van der Waals surface area contributed by atoms with E-state index in [4.69, 9.17) is 15.6 Å². The zero-order chi connectivity index (χ0) is 21.9. The second-order valence-electron chi connectivity index (χ2n) is 9.89. The average Bonchev–Trinajstić information content (AvgIpc) is 2.87. The third kappa shape index (κ3) is 5.35. The van der Waals surface area contributed by atoms with E-state index in [0.29, 0.717) is 16.6 Å². The zero-order valence-electron chi connectivity index (χ0n) is 19.7. The first-order valence-electron chi connectivity index (χ1n) is 10.6. The summed E-state index contributed by atoms with van der Waals surface area (Å²) in [5.74, 6) is 3.69. The van der Waals surface area contributed by atoms with Crippen molar-refractivity contribution in [2.24, 2.45) is 0 Å².